The van der Waals surface area contributed by atoms with Gasteiger partial charge in [0.1, 0.15) is 17.7 Å². The number of amides is 1. The molecule has 1 atom stereocenters. The minimum Gasteiger partial charge on any atom is -0.350 e. The fraction of sp³-hybridized carbons (Fsp3) is 0.412. The third kappa shape index (κ3) is 3.54. The SMILES string of the molecule is Cc1cn2c(n1)CC[C@H](NC(=O)CN(C)c1ccc(C#N)cn1)C2. The smallest absolute Gasteiger partial charge is 0.239 e. The first-order chi connectivity index (χ1) is 11.5. The highest BCUT2D eigenvalue weighted by molar-refractivity contribution is 5.81. The zero-order valence-corrected chi connectivity index (χ0v) is 13.9. The number of nitrogens with zero attached hydrogens (tertiary/aromatic N) is 5. The normalized spacial score (nSPS) is 16.1. The number of carbonyl (C=O) groups excluding carboxylic acids is 1. The van der Waals surface area contributed by atoms with Crippen molar-refractivity contribution < 1.29 is 4.79 Å². The molecule has 24 heavy (non-hydrogen) atoms. The van der Waals surface area contributed by atoms with Gasteiger partial charge in [0.25, 0.3) is 0 Å². The number of carbonyl (C=O) groups is 1. The summed E-state index contributed by atoms with van der Waals surface area (Å²) in [6, 6.07) is 5.59. The van der Waals surface area contributed by atoms with Gasteiger partial charge in [0.05, 0.1) is 17.8 Å². The molecule has 1 N–H and O–H groups in total. The third-order valence-corrected chi connectivity index (χ3v) is 4.13. The van der Waals surface area contributed by atoms with Crippen molar-refractivity contribution in [2.75, 3.05) is 18.5 Å². The molecule has 1 aliphatic heterocycles. The first kappa shape index (κ1) is 16.0. The van der Waals surface area contributed by atoms with Crippen molar-refractivity contribution in [1.82, 2.24) is 19.9 Å². The van der Waals surface area contributed by atoms with Gasteiger partial charge in [-0.05, 0) is 25.5 Å². The second kappa shape index (κ2) is 6.71. The Bertz CT molecular complexity index is 773. The molecule has 0 spiro atoms. The molecule has 3 heterocycles. The van der Waals surface area contributed by atoms with Gasteiger partial charge in [-0.3, -0.25) is 4.79 Å². The van der Waals surface area contributed by atoms with E-state index in [1.807, 2.05) is 26.2 Å². The predicted octanol–water partition coefficient (Wildman–Crippen LogP) is 1.03. The van der Waals surface area contributed by atoms with E-state index in [-0.39, 0.29) is 18.5 Å². The lowest BCUT2D eigenvalue weighted by atomic mass is 10.1. The number of pyridine rings is 1. The van der Waals surface area contributed by atoms with Gasteiger partial charge >= 0.3 is 0 Å². The van der Waals surface area contributed by atoms with Crippen molar-refractivity contribution in [3.8, 4) is 6.07 Å². The van der Waals surface area contributed by atoms with Crippen LogP contribution in [0, 0.1) is 18.3 Å². The Morgan fingerprint density at radius 1 is 1.54 bits per heavy atom. The molecule has 7 nitrogen and oxygen atoms in total. The number of nitriles is 1. The number of rotatable bonds is 4. The van der Waals surface area contributed by atoms with Crippen LogP contribution in [0.5, 0.6) is 0 Å². The Labute approximate surface area is 140 Å². The molecule has 0 unspecified atom stereocenters. The minimum atomic E-state index is -0.0334. The molecular formula is C17H20N6O. The summed E-state index contributed by atoms with van der Waals surface area (Å²) in [5.74, 6) is 1.73. The van der Waals surface area contributed by atoms with Gasteiger partial charge in [-0.2, -0.15) is 5.26 Å². The van der Waals surface area contributed by atoms with E-state index in [4.69, 9.17) is 5.26 Å². The highest BCUT2D eigenvalue weighted by Crippen LogP contribution is 2.15. The first-order valence-electron chi connectivity index (χ1n) is 7.94. The number of aryl methyl sites for hydroxylation is 2. The van der Waals surface area contributed by atoms with Crippen molar-refractivity contribution in [2.24, 2.45) is 0 Å². The van der Waals surface area contributed by atoms with Crippen LogP contribution in [0.25, 0.3) is 0 Å². The lowest BCUT2D eigenvalue weighted by Gasteiger charge is -2.26. The van der Waals surface area contributed by atoms with Crippen LogP contribution in [-0.4, -0.2) is 40.1 Å². The summed E-state index contributed by atoms with van der Waals surface area (Å²) in [6.07, 6.45) is 5.32. The van der Waals surface area contributed by atoms with Crippen molar-refractivity contribution in [2.45, 2.75) is 32.4 Å². The summed E-state index contributed by atoms with van der Waals surface area (Å²) in [6.45, 7) is 2.98. The van der Waals surface area contributed by atoms with Crippen LogP contribution in [0.3, 0.4) is 0 Å². The minimum absolute atomic E-state index is 0.0334. The van der Waals surface area contributed by atoms with Gasteiger partial charge in [-0.25, -0.2) is 9.97 Å². The molecule has 2 aromatic rings. The Morgan fingerprint density at radius 3 is 3.08 bits per heavy atom. The summed E-state index contributed by atoms with van der Waals surface area (Å²) in [7, 11) is 1.81. The van der Waals surface area contributed by atoms with Gasteiger partial charge in [-0.15, -0.1) is 0 Å². The first-order valence-corrected chi connectivity index (χ1v) is 7.94. The zero-order chi connectivity index (χ0) is 17.1. The number of hydrogen-bond donors (Lipinski definition) is 1. The maximum atomic E-state index is 12.3. The highest BCUT2D eigenvalue weighted by Gasteiger charge is 2.21. The lowest BCUT2D eigenvalue weighted by Crippen LogP contribution is -2.45. The summed E-state index contributed by atoms with van der Waals surface area (Å²) in [5, 5.41) is 11.9. The van der Waals surface area contributed by atoms with Crippen LogP contribution in [0.4, 0.5) is 5.82 Å². The van der Waals surface area contributed by atoms with Crippen molar-refractivity contribution in [3.63, 3.8) is 0 Å². The van der Waals surface area contributed by atoms with Gasteiger partial charge < -0.3 is 14.8 Å². The molecule has 3 rings (SSSR count). The molecule has 0 saturated heterocycles. The number of nitrogens with one attached hydrogen (secondary N) is 1. The maximum Gasteiger partial charge on any atom is 0.239 e. The summed E-state index contributed by atoms with van der Waals surface area (Å²) >= 11 is 0. The average Bonchev–Trinajstić information content (AvgIpc) is 2.94. The lowest BCUT2D eigenvalue weighted by molar-refractivity contribution is -0.120. The molecule has 0 radical (unpaired) electrons. The van der Waals surface area contributed by atoms with E-state index in [0.29, 0.717) is 11.4 Å². The topological polar surface area (TPSA) is 86.8 Å². The van der Waals surface area contributed by atoms with Gasteiger partial charge in [0, 0.05) is 38.4 Å². The van der Waals surface area contributed by atoms with Crippen molar-refractivity contribution >= 4 is 11.7 Å². The van der Waals surface area contributed by atoms with Crippen molar-refractivity contribution in [3.05, 3.63) is 41.6 Å². The van der Waals surface area contributed by atoms with Crippen LogP contribution in [0.15, 0.2) is 24.5 Å². The monoisotopic (exact) mass is 324 g/mol. The molecular weight excluding hydrogens is 304 g/mol. The number of hydrogen-bond acceptors (Lipinski definition) is 5. The molecule has 0 saturated carbocycles. The van der Waals surface area contributed by atoms with E-state index < -0.39 is 0 Å². The predicted molar refractivity (Wildman–Crippen MR) is 89.4 cm³/mol. The number of anilines is 1. The Hall–Kier alpha value is -2.88. The molecule has 7 heteroatoms. The standard InChI is InChI=1S/C17H20N6O/c1-12-9-23-10-14(4-6-16(23)20-12)21-17(24)11-22(2)15-5-3-13(7-18)8-19-15/h3,5,8-9,14H,4,6,10-11H2,1-2H3,(H,21,24)/t14-/m0/s1. The quantitative estimate of drug-likeness (QED) is 0.907. The average molecular weight is 324 g/mol. The Kier molecular flexibility index (Phi) is 4.47. The molecule has 124 valence electrons. The summed E-state index contributed by atoms with van der Waals surface area (Å²) < 4.78 is 2.12. The second-order valence-electron chi connectivity index (χ2n) is 6.13. The van der Waals surface area contributed by atoms with E-state index in [1.54, 1.807) is 17.0 Å². The fourth-order valence-corrected chi connectivity index (χ4v) is 2.95. The number of likely N-dealkylation sites (N-methyl/N-ethyl adjacent to an activating group) is 1. The van der Waals surface area contributed by atoms with Gasteiger partial charge in [0.15, 0.2) is 0 Å². The number of fused-ring (bicyclic) bond motifs is 1. The molecule has 0 fully saturated rings. The molecule has 1 aliphatic rings. The van der Waals surface area contributed by atoms with Crippen LogP contribution in [0.2, 0.25) is 0 Å². The van der Waals surface area contributed by atoms with E-state index in [0.717, 1.165) is 30.9 Å². The van der Waals surface area contributed by atoms with E-state index in [1.165, 1.54) is 6.20 Å². The third-order valence-electron chi connectivity index (χ3n) is 4.13. The zero-order valence-electron chi connectivity index (χ0n) is 13.9. The summed E-state index contributed by atoms with van der Waals surface area (Å²) in [5.41, 5.74) is 1.52. The highest BCUT2D eigenvalue weighted by atomic mass is 16.2. The fourth-order valence-electron chi connectivity index (χ4n) is 2.95. The van der Waals surface area contributed by atoms with E-state index in [9.17, 15) is 4.79 Å². The van der Waals surface area contributed by atoms with E-state index >= 15 is 0 Å². The molecule has 0 bridgehead atoms. The van der Waals surface area contributed by atoms with Crippen LogP contribution < -0.4 is 10.2 Å². The van der Waals surface area contributed by atoms with Crippen molar-refractivity contribution in [1.29, 1.82) is 5.26 Å². The molecule has 0 aromatic carbocycles. The largest absolute Gasteiger partial charge is 0.350 e. The van der Waals surface area contributed by atoms with Gasteiger partial charge in [0.2, 0.25) is 5.91 Å². The van der Waals surface area contributed by atoms with E-state index in [2.05, 4.69) is 19.9 Å². The maximum absolute atomic E-state index is 12.3. The van der Waals surface area contributed by atoms with Crippen LogP contribution in [-0.2, 0) is 17.8 Å². The number of imidazole rings is 1. The Morgan fingerprint density at radius 2 is 2.38 bits per heavy atom. The van der Waals surface area contributed by atoms with Gasteiger partial charge in [-0.1, -0.05) is 0 Å². The Balaban J connectivity index is 1.54. The van der Waals surface area contributed by atoms with Crippen LogP contribution >= 0.6 is 0 Å². The number of aromatic nitrogens is 3. The van der Waals surface area contributed by atoms with Crippen LogP contribution in [0.1, 0.15) is 23.5 Å². The molecule has 1 amide bonds. The molecule has 0 aliphatic carbocycles. The molecule has 2 aromatic heterocycles. The second-order valence-corrected chi connectivity index (χ2v) is 6.13. The summed E-state index contributed by atoms with van der Waals surface area (Å²) in [4.78, 5) is 22.7.